The maximum absolute atomic E-state index is 8.46. The van der Waals surface area contributed by atoms with Crippen LogP contribution >= 0.6 is 11.6 Å². The lowest BCUT2D eigenvalue weighted by Gasteiger charge is -2.03. The van der Waals surface area contributed by atoms with E-state index in [-0.39, 0.29) is 5.57 Å². The molecule has 1 aliphatic rings. The summed E-state index contributed by atoms with van der Waals surface area (Å²) in [5.74, 6) is 0.873. The molecule has 1 saturated carbocycles. The van der Waals surface area contributed by atoms with Gasteiger partial charge in [0, 0.05) is 11.0 Å². The van der Waals surface area contributed by atoms with E-state index in [1.165, 1.54) is 6.08 Å². The van der Waals surface area contributed by atoms with E-state index < -0.39 is 0 Å². The molecule has 0 aromatic rings. The zero-order valence-corrected chi connectivity index (χ0v) is 7.99. The quantitative estimate of drug-likeness (QED) is 0.509. The number of rotatable bonds is 2. The van der Waals surface area contributed by atoms with Gasteiger partial charge in [-0.3, -0.25) is 0 Å². The summed E-state index contributed by atoms with van der Waals surface area (Å²) in [4.78, 5) is 0. The van der Waals surface area contributed by atoms with Gasteiger partial charge in [-0.1, -0.05) is 11.6 Å². The first-order valence-corrected chi connectivity index (χ1v) is 4.25. The highest BCUT2D eigenvalue weighted by atomic mass is 35.5. The highest BCUT2D eigenvalue weighted by Crippen LogP contribution is 2.32. The molecule has 0 spiro atoms. The molecule has 0 unspecified atom stereocenters. The van der Waals surface area contributed by atoms with Crippen LogP contribution in [0.15, 0.2) is 22.8 Å². The van der Waals surface area contributed by atoms with Crippen LogP contribution in [0.3, 0.4) is 0 Å². The van der Waals surface area contributed by atoms with Crippen LogP contribution in [0.4, 0.5) is 0 Å². The largest absolute Gasteiger partial charge is 0.192 e. The van der Waals surface area contributed by atoms with Gasteiger partial charge in [0.2, 0.25) is 0 Å². The third-order valence-corrected chi connectivity index (χ3v) is 1.92. The summed E-state index contributed by atoms with van der Waals surface area (Å²) in [5.41, 5.74) is 0.0368. The Hall–Kier alpha value is -1.25. The first kappa shape index (κ1) is 10.8. The Bertz CT molecular complexity index is 319. The number of allylic oxidation sites excluding steroid dienone is 4. The molecule has 0 heterocycles. The highest BCUT2D eigenvalue weighted by molar-refractivity contribution is 6.32. The summed E-state index contributed by atoms with van der Waals surface area (Å²) in [7, 11) is 0. The summed E-state index contributed by atoms with van der Waals surface area (Å²) < 4.78 is 0. The third kappa shape index (κ3) is 2.91. The zero-order chi connectivity index (χ0) is 10.4. The number of hydrogen-bond acceptors (Lipinski definition) is 2. The molecule has 0 aliphatic heterocycles. The van der Waals surface area contributed by atoms with Crippen molar-refractivity contribution < 1.29 is 0 Å². The lowest BCUT2D eigenvalue weighted by Crippen LogP contribution is -1.90. The molecule has 0 bridgehead atoms. The van der Waals surface area contributed by atoms with Crippen molar-refractivity contribution in [2.45, 2.75) is 0 Å². The Morgan fingerprint density at radius 1 is 1.14 bits per heavy atom. The van der Waals surface area contributed by atoms with E-state index in [0.29, 0.717) is 5.03 Å². The molecular formula is C11H6ClN2. The highest BCUT2D eigenvalue weighted by Gasteiger charge is 2.19. The topological polar surface area (TPSA) is 47.6 Å². The number of nitrogens with zero attached hydrogens (tertiary/aromatic N) is 2. The fraction of sp³-hybridized carbons (Fsp3) is 0. The molecule has 1 rings (SSSR count). The second-order valence-corrected chi connectivity index (χ2v) is 2.90. The molecule has 1 fully saturated rings. The summed E-state index contributed by atoms with van der Waals surface area (Å²) in [6.45, 7) is 0. The van der Waals surface area contributed by atoms with Crippen LogP contribution in [-0.2, 0) is 0 Å². The van der Waals surface area contributed by atoms with E-state index in [1.807, 2.05) is 25.7 Å². The first-order chi connectivity index (χ1) is 6.77. The van der Waals surface area contributed by atoms with Gasteiger partial charge in [0.15, 0.2) is 0 Å². The predicted molar refractivity (Wildman–Crippen MR) is 53.7 cm³/mol. The molecule has 0 amide bonds. The predicted octanol–water partition coefficient (Wildman–Crippen LogP) is 2.49. The van der Waals surface area contributed by atoms with Crippen LogP contribution in [0, 0.1) is 54.3 Å². The van der Waals surface area contributed by atoms with Gasteiger partial charge in [0.1, 0.15) is 17.7 Å². The van der Waals surface area contributed by atoms with Crippen LogP contribution in [0.2, 0.25) is 0 Å². The molecule has 0 atom stereocenters. The monoisotopic (exact) mass is 201 g/mol. The summed E-state index contributed by atoms with van der Waals surface area (Å²) >= 11 is 5.90. The average molecular weight is 202 g/mol. The number of halogens is 1. The second-order valence-electron chi connectivity index (χ2n) is 2.49. The lowest BCUT2D eigenvalue weighted by atomic mass is 10.1. The van der Waals surface area contributed by atoms with Crippen LogP contribution in [-0.4, -0.2) is 0 Å². The van der Waals surface area contributed by atoms with Gasteiger partial charge in [-0.25, -0.2) is 0 Å². The van der Waals surface area contributed by atoms with E-state index in [9.17, 15) is 0 Å². The van der Waals surface area contributed by atoms with Crippen LogP contribution in [0.5, 0.6) is 0 Å². The van der Waals surface area contributed by atoms with Gasteiger partial charge in [-0.15, -0.1) is 0 Å². The van der Waals surface area contributed by atoms with Gasteiger partial charge in [-0.2, -0.15) is 10.5 Å². The van der Waals surface area contributed by atoms with Crippen molar-refractivity contribution in [3.63, 3.8) is 0 Å². The number of hydrogen-bond donors (Lipinski definition) is 0. The van der Waals surface area contributed by atoms with Crippen molar-refractivity contribution in [2.75, 3.05) is 0 Å². The van der Waals surface area contributed by atoms with E-state index in [2.05, 4.69) is 0 Å². The van der Waals surface area contributed by atoms with Gasteiger partial charge in [0.25, 0.3) is 0 Å². The second kappa shape index (κ2) is 5.47. The molecule has 67 valence electrons. The minimum absolute atomic E-state index is 0.0368. The Morgan fingerprint density at radius 3 is 2.21 bits per heavy atom. The summed E-state index contributed by atoms with van der Waals surface area (Å²) in [6.07, 6.45) is 10.4. The van der Waals surface area contributed by atoms with E-state index in [1.54, 1.807) is 18.2 Å². The zero-order valence-electron chi connectivity index (χ0n) is 7.24. The maximum atomic E-state index is 8.46. The summed E-state index contributed by atoms with van der Waals surface area (Å²) in [5, 5.41) is 17.4. The molecule has 3 heteroatoms. The van der Waals surface area contributed by atoms with Gasteiger partial charge >= 0.3 is 0 Å². The Labute approximate surface area is 89.1 Å². The molecule has 0 aromatic heterocycles. The maximum Gasteiger partial charge on any atom is 0.129 e. The standard InChI is InChI=1S/C11H6ClN2/c12-11(10-3-1-2-4-10)6-5-9(7-13)8-14/h1-6H/b11-6-. The van der Waals surface area contributed by atoms with Crippen LogP contribution in [0.1, 0.15) is 0 Å². The van der Waals surface area contributed by atoms with Crippen LogP contribution in [0.25, 0.3) is 0 Å². The van der Waals surface area contributed by atoms with E-state index in [4.69, 9.17) is 22.1 Å². The molecule has 2 nitrogen and oxygen atoms in total. The normalized spacial score (nSPS) is 17.2. The first-order valence-electron chi connectivity index (χ1n) is 3.87. The number of nitriles is 2. The fourth-order valence-electron chi connectivity index (χ4n) is 0.885. The van der Waals surface area contributed by atoms with Crippen molar-refractivity contribution in [1.82, 2.24) is 0 Å². The Morgan fingerprint density at radius 2 is 1.71 bits per heavy atom. The van der Waals surface area contributed by atoms with E-state index >= 15 is 0 Å². The Kier molecular flexibility index (Phi) is 4.23. The lowest BCUT2D eigenvalue weighted by molar-refractivity contribution is 1.34. The minimum Gasteiger partial charge on any atom is -0.192 e. The van der Waals surface area contributed by atoms with Crippen molar-refractivity contribution in [3.8, 4) is 12.1 Å². The molecule has 0 aromatic carbocycles. The van der Waals surface area contributed by atoms with Gasteiger partial charge in [0.05, 0.1) is 0 Å². The smallest absolute Gasteiger partial charge is 0.129 e. The molecule has 0 saturated heterocycles. The Balaban J connectivity index is 2.65. The van der Waals surface area contributed by atoms with Crippen molar-refractivity contribution in [2.24, 2.45) is 0 Å². The van der Waals surface area contributed by atoms with Gasteiger partial charge < -0.3 is 0 Å². The minimum atomic E-state index is 0.0368. The summed E-state index contributed by atoms with van der Waals surface area (Å²) in [6, 6.07) is 3.50. The van der Waals surface area contributed by atoms with E-state index in [0.717, 1.165) is 5.92 Å². The SMILES string of the molecule is N#CC(C#N)=C/C=C(\Cl)[C]1[CH][CH][CH][CH]1. The molecular weight excluding hydrogens is 196 g/mol. The van der Waals surface area contributed by atoms with Gasteiger partial charge in [-0.05, 0) is 37.8 Å². The molecule has 1 aliphatic carbocycles. The van der Waals surface area contributed by atoms with Crippen molar-refractivity contribution >= 4 is 11.6 Å². The molecule has 14 heavy (non-hydrogen) atoms. The van der Waals surface area contributed by atoms with Crippen molar-refractivity contribution in [3.05, 3.63) is 54.4 Å². The molecule has 0 N–H and O–H groups in total. The molecule has 5 radical (unpaired) electrons. The average Bonchev–Trinajstić information content (AvgIpc) is 2.72. The fourth-order valence-corrected chi connectivity index (χ4v) is 1.07. The van der Waals surface area contributed by atoms with Crippen molar-refractivity contribution in [1.29, 1.82) is 10.5 Å². The third-order valence-electron chi connectivity index (χ3n) is 1.58. The van der Waals surface area contributed by atoms with Crippen LogP contribution < -0.4 is 0 Å².